The van der Waals surface area contributed by atoms with Crippen molar-refractivity contribution in [1.82, 2.24) is 9.97 Å². The summed E-state index contributed by atoms with van der Waals surface area (Å²) in [5.41, 5.74) is 1.01. The molecule has 1 atom stereocenters. The van der Waals surface area contributed by atoms with Gasteiger partial charge >= 0.3 is 0 Å². The largest absolute Gasteiger partial charge is 0.356 e. The summed E-state index contributed by atoms with van der Waals surface area (Å²) in [5.74, 6) is 1.82. The molecule has 0 fully saturated rings. The van der Waals surface area contributed by atoms with Crippen LogP contribution in [-0.2, 0) is 0 Å². The molecule has 0 amide bonds. The van der Waals surface area contributed by atoms with Crippen molar-refractivity contribution in [3.63, 3.8) is 0 Å². The van der Waals surface area contributed by atoms with Gasteiger partial charge in [-0.2, -0.15) is 0 Å². The lowest BCUT2D eigenvalue weighted by Crippen LogP contribution is -2.31. The van der Waals surface area contributed by atoms with Gasteiger partial charge in [0.05, 0.1) is 0 Å². The molecule has 0 saturated heterocycles. The van der Waals surface area contributed by atoms with Crippen LogP contribution in [0.3, 0.4) is 0 Å². The molecule has 4 heteroatoms. The molecule has 0 aliphatic rings. The predicted molar refractivity (Wildman–Crippen MR) is 63.2 cm³/mol. The number of alkyl halides is 1. The summed E-state index contributed by atoms with van der Waals surface area (Å²) in [7, 11) is 2.05. The Morgan fingerprint density at radius 2 is 2.07 bits per heavy atom. The van der Waals surface area contributed by atoms with E-state index in [1.807, 2.05) is 27.0 Å². The van der Waals surface area contributed by atoms with Crippen LogP contribution in [0.25, 0.3) is 0 Å². The van der Waals surface area contributed by atoms with Gasteiger partial charge in [0.15, 0.2) is 0 Å². The first-order valence-corrected chi connectivity index (χ1v) is 5.78. The van der Waals surface area contributed by atoms with Crippen LogP contribution in [0.15, 0.2) is 6.07 Å². The van der Waals surface area contributed by atoms with Gasteiger partial charge in [-0.3, -0.25) is 0 Å². The van der Waals surface area contributed by atoms with Gasteiger partial charge in [-0.1, -0.05) is 15.9 Å². The number of aryl methyl sites for hydroxylation is 2. The topological polar surface area (TPSA) is 29.0 Å². The molecule has 0 N–H and O–H groups in total. The summed E-state index contributed by atoms with van der Waals surface area (Å²) in [4.78, 5) is 10.8. The zero-order chi connectivity index (χ0) is 10.7. The van der Waals surface area contributed by atoms with Gasteiger partial charge in [0, 0.05) is 30.2 Å². The van der Waals surface area contributed by atoms with Crippen molar-refractivity contribution in [3.05, 3.63) is 17.6 Å². The second kappa shape index (κ2) is 4.73. The number of anilines is 1. The van der Waals surface area contributed by atoms with Gasteiger partial charge < -0.3 is 4.90 Å². The second-order valence-corrected chi connectivity index (χ2v) is 4.18. The normalized spacial score (nSPS) is 12.6. The highest BCUT2D eigenvalue weighted by Gasteiger charge is 2.10. The number of nitrogens with zero attached hydrogens (tertiary/aromatic N) is 3. The standard InChI is InChI=1S/C10H16BrN3/c1-7-5-10(13-9(3)12-7)14(4)8(2)6-11/h5,8H,6H2,1-4H3. The molecule has 0 aromatic carbocycles. The monoisotopic (exact) mass is 257 g/mol. The summed E-state index contributed by atoms with van der Waals surface area (Å²) in [6, 6.07) is 2.44. The summed E-state index contributed by atoms with van der Waals surface area (Å²) >= 11 is 3.46. The third kappa shape index (κ3) is 2.67. The lowest BCUT2D eigenvalue weighted by atomic mass is 10.3. The minimum absolute atomic E-state index is 0.434. The second-order valence-electron chi connectivity index (χ2n) is 3.53. The molecule has 1 rings (SSSR count). The average Bonchev–Trinajstić information content (AvgIpc) is 2.14. The average molecular weight is 258 g/mol. The van der Waals surface area contributed by atoms with E-state index in [1.165, 1.54) is 0 Å². The fraction of sp³-hybridized carbons (Fsp3) is 0.600. The first-order valence-electron chi connectivity index (χ1n) is 4.65. The van der Waals surface area contributed by atoms with Crippen molar-refractivity contribution in [2.75, 3.05) is 17.3 Å². The minimum Gasteiger partial charge on any atom is -0.356 e. The highest BCUT2D eigenvalue weighted by atomic mass is 79.9. The Kier molecular flexibility index (Phi) is 3.86. The maximum atomic E-state index is 4.40. The fourth-order valence-corrected chi connectivity index (χ4v) is 1.64. The number of halogens is 1. The molecule has 1 aromatic heterocycles. The highest BCUT2D eigenvalue weighted by molar-refractivity contribution is 9.09. The first-order chi connectivity index (χ1) is 6.54. The van der Waals surface area contributed by atoms with Gasteiger partial charge in [-0.25, -0.2) is 9.97 Å². The molecule has 0 bridgehead atoms. The molecule has 0 radical (unpaired) electrons. The molecule has 1 unspecified atom stereocenters. The van der Waals surface area contributed by atoms with Crippen molar-refractivity contribution in [3.8, 4) is 0 Å². The lowest BCUT2D eigenvalue weighted by molar-refractivity contribution is 0.750. The van der Waals surface area contributed by atoms with Gasteiger partial charge in [0.25, 0.3) is 0 Å². The zero-order valence-corrected chi connectivity index (χ0v) is 10.7. The Balaban J connectivity index is 2.94. The molecule has 0 aliphatic heterocycles. The van der Waals surface area contributed by atoms with Crippen LogP contribution in [0, 0.1) is 13.8 Å². The van der Waals surface area contributed by atoms with Crippen LogP contribution in [0.2, 0.25) is 0 Å². The van der Waals surface area contributed by atoms with Crippen molar-refractivity contribution in [2.24, 2.45) is 0 Å². The highest BCUT2D eigenvalue weighted by Crippen LogP contribution is 2.14. The quantitative estimate of drug-likeness (QED) is 0.779. The fourth-order valence-electron chi connectivity index (χ4n) is 1.21. The van der Waals surface area contributed by atoms with Crippen molar-refractivity contribution in [1.29, 1.82) is 0 Å². The van der Waals surface area contributed by atoms with E-state index in [0.717, 1.165) is 22.7 Å². The van der Waals surface area contributed by atoms with E-state index in [2.05, 4.69) is 37.7 Å². The molecule has 1 aromatic rings. The Labute approximate surface area is 93.7 Å². The molecule has 0 aliphatic carbocycles. The molecule has 78 valence electrons. The van der Waals surface area contributed by atoms with Gasteiger partial charge in [-0.15, -0.1) is 0 Å². The summed E-state index contributed by atoms with van der Waals surface area (Å²) in [6.07, 6.45) is 0. The Morgan fingerprint density at radius 1 is 1.43 bits per heavy atom. The van der Waals surface area contributed by atoms with Crippen LogP contribution in [0.4, 0.5) is 5.82 Å². The number of hydrogen-bond donors (Lipinski definition) is 0. The van der Waals surface area contributed by atoms with E-state index in [0.29, 0.717) is 6.04 Å². The van der Waals surface area contributed by atoms with Crippen molar-refractivity contribution < 1.29 is 0 Å². The summed E-state index contributed by atoms with van der Waals surface area (Å²) in [6.45, 7) is 6.06. The van der Waals surface area contributed by atoms with Crippen molar-refractivity contribution in [2.45, 2.75) is 26.8 Å². The van der Waals surface area contributed by atoms with Crippen LogP contribution in [0.5, 0.6) is 0 Å². The lowest BCUT2D eigenvalue weighted by Gasteiger charge is -2.24. The van der Waals surface area contributed by atoms with Gasteiger partial charge in [0.1, 0.15) is 11.6 Å². The maximum absolute atomic E-state index is 4.40. The van der Waals surface area contributed by atoms with Crippen LogP contribution in [0.1, 0.15) is 18.4 Å². The summed E-state index contributed by atoms with van der Waals surface area (Å²) < 4.78 is 0. The number of hydrogen-bond acceptors (Lipinski definition) is 3. The van der Waals surface area contributed by atoms with Crippen LogP contribution in [-0.4, -0.2) is 28.4 Å². The molecule has 3 nitrogen and oxygen atoms in total. The van der Waals surface area contributed by atoms with E-state index in [-0.39, 0.29) is 0 Å². The first kappa shape index (κ1) is 11.4. The SMILES string of the molecule is Cc1cc(N(C)C(C)CBr)nc(C)n1. The molecule has 14 heavy (non-hydrogen) atoms. The third-order valence-electron chi connectivity index (χ3n) is 2.20. The Morgan fingerprint density at radius 3 is 2.57 bits per heavy atom. The van der Waals surface area contributed by atoms with Crippen molar-refractivity contribution >= 4 is 21.7 Å². The Hall–Kier alpha value is -0.640. The van der Waals surface area contributed by atoms with E-state index in [1.54, 1.807) is 0 Å². The van der Waals surface area contributed by atoms with E-state index < -0.39 is 0 Å². The van der Waals surface area contributed by atoms with Crippen LogP contribution >= 0.6 is 15.9 Å². The van der Waals surface area contributed by atoms with Crippen LogP contribution < -0.4 is 4.90 Å². The van der Waals surface area contributed by atoms with E-state index in [9.17, 15) is 0 Å². The molecular formula is C10H16BrN3. The van der Waals surface area contributed by atoms with Gasteiger partial charge in [-0.05, 0) is 20.8 Å². The predicted octanol–water partition coefficient (Wildman–Crippen LogP) is 2.31. The molecular weight excluding hydrogens is 242 g/mol. The molecule has 0 spiro atoms. The van der Waals surface area contributed by atoms with Gasteiger partial charge in [0.2, 0.25) is 0 Å². The maximum Gasteiger partial charge on any atom is 0.132 e. The third-order valence-corrected chi connectivity index (χ3v) is 3.14. The number of rotatable bonds is 3. The van der Waals surface area contributed by atoms with E-state index >= 15 is 0 Å². The molecule has 0 saturated carbocycles. The van der Waals surface area contributed by atoms with E-state index in [4.69, 9.17) is 0 Å². The summed E-state index contributed by atoms with van der Waals surface area (Å²) in [5, 5.41) is 0.936. The Bertz CT molecular complexity index is 294. The minimum atomic E-state index is 0.434. The zero-order valence-electron chi connectivity index (χ0n) is 9.08. The smallest absolute Gasteiger partial charge is 0.132 e. The molecule has 1 heterocycles. The number of aromatic nitrogens is 2.